The summed E-state index contributed by atoms with van der Waals surface area (Å²) in [6.07, 6.45) is 7.57. The highest BCUT2D eigenvalue weighted by Crippen LogP contribution is 2.61. The number of benzene rings is 1. The van der Waals surface area contributed by atoms with E-state index in [9.17, 15) is 24.3 Å². The molecule has 1 spiro atoms. The van der Waals surface area contributed by atoms with Gasteiger partial charge in [-0.25, -0.2) is 0 Å². The second kappa shape index (κ2) is 16.3. The van der Waals surface area contributed by atoms with Crippen LogP contribution in [0.5, 0.6) is 0 Å². The van der Waals surface area contributed by atoms with Crippen LogP contribution in [0.1, 0.15) is 70.0 Å². The number of fused-ring (bicyclic) bond motifs is 1. The molecule has 4 aliphatic rings. The summed E-state index contributed by atoms with van der Waals surface area (Å²) in [7, 11) is 1.50. The maximum atomic E-state index is 14.8. The number of rotatable bonds is 16. The molecule has 12 heteroatoms. The third kappa shape index (κ3) is 7.25. The molecule has 1 aromatic carbocycles. The number of ether oxygens (including phenoxy) is 3. The van der Waals surface area contributed by atoms with E-state index in [0.717, 1.165) is 32.1 Å². The third-order valence-corrected chi connectivity index (χ3v) is 11.4. The largest absolute Gasteiger partial charge is 0.455 e. The minimum absolute atomic E-state index is 0.00116. The van der Waals surface area contributed by atoms with E-state index in [1.807, 2.05) is 35.2 Å². The number of esters is 1. The SMILES string of the molecule is C=CCCC(=O)N[C@H](COC)[C@H](OC(=O)[C@H]1[C@@H]2O[C@@]3(CC2Br)[C@@H]1C(=O)N([C@H](C)CO)[C@@H]3C(=O)N(CC=C)C1CCCCC1)c1ccccc1. The number of hydrogen-bond donors (Lipinski definition) is 2. The number of methoxy groups -OCH3 is 1. The number of aliphatic hydroxyl groups excluding tert-OH is 1. The third-order valence-electron chi connectivity index (χ3n) is 10.6. The number of alkyl halides is 1. The number of allylic oxidation sites excluding steroid dienone is 1. The van der Waals surface area contributed by atoms with Crippen LogP contribution in [0.4, 0.5) is 0 Å². The normalized spacial score (nSPS) is 29.5. The second-order valence-electron chi connectivity index (χ2n) is 13.7. The van der Waals surface area contributed by atoms with Crippen molar-refractivity contribution in [2.45, 2.75) is 105 Å². The van der Waals surface area contributed by atoms with Gasteiger partial charge in [-0.05, 0) is 38.2 Å². The first kappa shape index (κ1) is 37.2. The van der Waals surface area contributed by atoms with Gasteiger partial charge in [0.05, 0.1) is 43.2 Å². The number of hydrogen-bond acceptors (Lipinski definition) is 8. The van der Waals surface area contributed by atoms with Gasteiger partial charge in [0.15, 0.2) is 0 Å². The van der Waals surface area contributed by atoms with Gasteiger partial charge in [0.1, 0.15) is 17.7 Å². The Morgan fingerprint density at radius 3 is 2.53 bits per heavy atom. The molecule has 49 heavy (non-hydrogen) atoms. The van der Waals surface area contributed by atoms with Crippen LogP contribution >= 0.6 is 15.9 Å². The molecule has 1 aromatic rings. The van der Waals surface area contributed by atoms with Crippen molar-refractivity contribution < 1.29 is 38.5 Å². The Morgan fingerprint density at radius 2 is 1.90 bits per heavy atom. The fourth-order valence-electron chi connectivity index (χ4n) is 8.41. The number of amides is 3. The topological polar surface area (TPSA) is 135 Å². The fourth-order valence-corrected chi connectivity index (χ4v) is 9.35. The molecule has 0 radical (unpaired) electrons. The molecule has 4 fully saturated rings. The van der Waals surface area contributed by atoms with E-state index >= 15 is 0 Å². The smallest absolute Gasteiger partial charge is 0.313 e. The Hall–Kier alpha value is -3.06. The number of carbonyl (C=O) groups excluding carboxylic acids is 4. The maximum absolute atomic E-state index is 14.8. The monoisotopic (exact) mass is 743 g/mol. The Bertz CT molecular complexity index is 1370. The van der Waals surface area contributed by atoms with E-state index in [0.29, 0.717) is 24.9 Å². The molecule has 9 atom stereocenters. The molecule has 2 N–H and O–H groups in total. The zero-order valence-electron chi connectivity index (χ0n) is 28.5. The van der Waals surface area contributed by atoms with Crippen LogP contribution in [0.2, 0.25) is 0 Å². The Morgan fingerprint density at radius 1 is 1.18 bits per heavy atom. The van der Waals surface area contributed by atoms with Gasteiger partial charge in [-0.2, -0.15) is 0 Å². The van der Waals surface area contributed by atoms with Gasteiger partial charge in [-0.1, -0.05) is 77.7 Å². The summed E-state index contributed by atoms with van der Waals surface area (Å²) in [6, 6.07) is 6.63. The summed E-state index contributed by atoms with van der Waals surface area (Å²) in [6.45, 7) is 9.32. The zero-order chi connectivity index (χ0) is 35.3. The van der Waals surface area contributed by atoms with E-state index in [-0.39, 0.29) is 42.3 Å². The molecular weight excluding hydrogens is 694 g/mol. The summed E-state index contributed by atoms with van der Waals surface area (Å²) in [5, 5.41) is 13.3. The molecule has 1 aliphatic carbocycles. The van der Waals surface area contributed by atoms with Crippen molar-refractivity contribution in [3.63, 3.8) is 0 Å². The number of carbonyl (C=O) groups is 4. The lowest BCUT2D eigenvalue weighted by atomic mass is 9.70. The Labute approximate surface area is 297 Å². The van der Waals surface area contributed by atoms with Crippen molar-refractivity contribution in [3.05, 3.63) is 61.2 Å². The predicted molar refractivity (Wildman–Crippen MR) is 186 cm³/mol. The molecule has 5 rings (SSSR count). The molecule has 11 nitrogen and oxygen atoms in total. The summed E-state index contributed by atoms with van der Waals surface area (Å²) >= 11 is 3.73. The Balaban J connectivity index is 1.50. The van der Waals surface area contributed by atoms with Crippen molar-refractivity contribution in [2.75, 3.05) is 26.9 Å². The first-order chi connectivity index (χ1) is 23.6. The lowest BCUT2D eigenvalue weighted by molar-refractivity contribution is -0.163. The number of aliphatic hydroxyl groups is 1. The van der Waals surface area contributed by atoms with Crippen molar-refractivity contribution in [2.24, 2.45) is 11.8 Å². The molecule has 1 unspecified atom stereocenters. The fraction of sp³-hybridized carbons (Fsp3) is 0.622. The maximum Gasteiger partial charge on any atom is 0.313 e. The van der Waals surface area contributed by atoms with Crippen LogP contribution in [0.15, 0.2) is 55.6 Å². The predicted octanol–water partition coefficient (Wildman–Crippen LogP) is 3.84. The van der Waals surface area contributed by atoms with E-state index < -0.39 is 59.6 Å². The Kier molecular flexibility index (Phi) is 12.4. The van der Waals surface area contributed by atoms with Gasteiger partial charge in [0.25, 0.3) is 0 Å². The number of nitrogens with zero attached hydrogens (tertiary/aromatic N) is 2. The minimum atomic E-state index is -1.30. The zero-order valence-corrected chi connectivity index (χ0v) is 30.1. The molecule has 3 amide bonds. The highest BCUT2D eigenvalue weighted by Gasteiger charge is 2.77. The lowest BCUT2D eigenvalue weighted by Gasteiger charge is -2.42. The molecule has 0 aromatic heterocycles. The highest BCUT2D eigenvalue weighted by atomic mass is 79.9. The van der Waals surface area contributed by atoms with Gasteiger partial charge in [-0.3, -0.25) is 19.2 Å². The van der Waals surface area contributed by atoms with Gasteiger partial charge in [-0.15, -0.1) is 13.2 Å². The molecule has 3 aliphatic heterocycles. The number of nitrogens with one attached hydrogen (secondary N) is 1. The molecule has 3 heterocycles. The summed E-state index contributed by atoms with van der Waals surface area (Å²) in [5.74, 6) is -3.60. The molecule has 268 valence electrons. The van der Waals surface area contributed by atoms with Crippen molar-refractivity contribution >= 4 is 39.6 Å². The van der Waals surface area contributed by atoms with Gasteiger partial charge in [0.2, 0.25) is 17.7 Å². The highest BCUT2D eigenvalue weighted by molar-refractivity contribution is 9.09. The van der Waals surface area contributed by atoms with Gasteiger partial charge in [0, 0.05) is 30.9 Å². The molecule has 3 saturated heterocycles. The second-order valence-corrected chi connectivity index (χ2v) is 14.9. The summed E-state index contributed by atoms with van der Waals surface area (Å²) in [4.78, 5) is 59.6. The van der Waals surface area contributed by atoms with E-state index in [1.54, 1.807) is 19.1 Å². The average molecular weight is 745 g/mol. The molecule has 2 bridgehead atoms. The standard InChI is InChI=1S/C37H50BrN3O8/c1-5-7-18-28(43)39-27(22-47-4)31(24-14-10-8-11-15-24)48-36(46)29-30-34(44)41(23(3)21-42)33(37(30)20-26(38)32(29)49-37)35(45)40(19-6-2)25-16-12-9-13-17-25/h5-6,8,10-11,14-15,23,25-27,29-33,42H,1-2,7,9,12-13,16-22H2,3-4H3,(H,39,43)/t23-,26?,27-,29-,30+,31-,32-,33-,37+/m1/s1. The van der Waals surface area contributed by atoms with Crippen LogP contribution in [0.25, 0.3) is 0 Å². The average Bonchev–Trinajstić information content (AvgIpc) is 3.71. The molecule has 1 saturated carbocycles. The summed E-state index contributed by atoms with van der Waals surface area (Å²) < 4.78 is 18.5. The number of halogens is 1. The number of likely N-dealkylation sites (tertiary alicyclic amines) is 1. The summed E-state index contributed by atoms with van der Waals surface area (Å²) in [5.41, 5.74) is -0.661. The van der Waals surface area contributed by atoms with Crippen LogP contribution in [0, 0.1) is 11.8 Å². The van der Waals surface area contributed by atoms with Crippen LogP contribution in [-0.2, 0) is 33.4 Å². The first-order valence-electron chi connectivity index (χ1n) is 17.4. The van der Waals surface area contributed by atoms with Crippen molar-refractivity contribution in [1.29, 1.82) is 0 Å². The van der Waals surface area contributed by atoms with Gasteiger partial charge < -0.3 is 34.4 Å². The van der Waals surface area contributed by atoms with E-state index in [1.165, 1.54) is 12.0 Å². The van der Waals surface area contributed by atoms with Crippen LogP contribution in [0.3, 0.4) is 0 Å². The minimum Gasteiger partial charge on any atom is -0.455 e. The van der Waals surface area contributed by atoms with Crippen LogP contribution in [-0.4, -0.2) is 106 Å². The van der Waals surface area contributed by atoms with Crippen LogP contribution < -0.4 is 5.32 Å². The van der Waals surface area contributed by atoms with Crippen molar-refractivity contribution in [3.8, 4) is 0 Å². The van der Waals surface area contributed by atoms with Gasteiger partial charge >= 0.3 is 5.97 Å². The van der Waals surface area contributed by atoms with E-state index in [4.69, 9.17) is 14.2 Å². The lowest BCUT2D eigenvalue weighted by Crippen LogP contribution is -2.60. The first-order valence-corrected chi connectivity index (χ1v) is 18.4. The molecular formula is C37H50BrN3O8. The van der Waals surface area contributed by atoms with E-state index in [2.05, 4.69) is 34.4 Å². The van der Waals surface area contributed by atoms with Crippen molar-refractivity contribution in [1.82, 2.24) is 15.1 Å². The quantitative estimate of drug-likeness (QED) is 0.148.